The molecule has 0 bridgehead atoms. The Hall–Kier alpha value is -3.63. The maximum absolute atomic E-state index is 12.8. The summed E-state index contributed by atoms with van der Waals surface area (Å²) in [5.41, 5.74) is -0.767. The molecule has 1 aliphatic heterocycles. The number of nitrogens with zero attached hydrogens (tertiary/aromatic N) is 5. The van der Waals surface area contributed by atoms with E-state index in [1.807, 2.05) is 6.07 Å². The lowest BCUT2D eigenvalue weighted by molar-refractivity contribution is -0.137. The standard InChI is InChI=1S/C22H23F3N6O2/c23-22(24,25)17-2-1-3-18(12-17)33-11-7-27-21(32)16-4-8-30(9-5-16)19-13-20(29-14-28-19)31-10-6-26-15-31/h1-3,6,10,12-16H,4-5,7-9,11H2,(H,27,32). The third-order valence-corrected chi connectivity index (χ3v) is 5.43. The summed E-state index contributed by atoms with van der Waals surface area (Å²) in [5.74, 6) is 1.42. The van der Waals surface area contributed by atoms with Crippen LogP contribution in [0.25, 0.3) is 5.82 Å². The number of piperidine rings is 1. The van der Waals surface area contributed by atoms with Crippen molar-refractivity contribution in [1.29, 1.82) is 0 Å². The van der Waals surface area contributed by atoms with Crippen LogP contribution >= 0.6 is 0 Å². The number of benzene rings is 1. The van der Waals surface area contributed by atoms with Gasteiger partial charge < -0.3 is 15.0 Å². The topological polar surface area (TPSA) is 85.2 Å². The van der Waals surface area contributed by atoms with E-state index in [9.17, 15) is 18.0 Å². The molecule has 1 aliphatic rings. The van der Waals surface area contributed by atoms with E-state index in [2.05, 4.69) is 25.2 Å². The molecule has 3 heterocycles. The van der Waals surface area contributed by atoms with Gasteiger partial charge in [-0.3, -0.25) is 9.36 Å². The number of rotatable bonds is 7. The van der Waals surface area contributed by atoms with Crippen molar-refractivity contribution < 1.29 is 22.7 Å². The van der Waals surface area contributed by atoms with Gasteiger partial charge in [0.2, 0.25) is 5.91 Å². The quantitative estimate of drug-likeness (QED) is 0.546. The van der Waals surface area contributed by atoms with Crippen molar-refractivity contribution in [3.8, 4) is 11.6 Å². The molecule has 1 saturated heterocycles. The average Bonchev–Trinajstić information content (AvgIpc) is 3.37. The fraction of sp³-hybridized carbons (Fsp3) is 0.364. The molecule has 0 radical (unpaired) electrons. The smallest absolute Gasteiger partial charge is 0.416 e. The van der Waals surface area contributed by atoms with Crippen molar-refractivity contribution in [2.24, 2.45) is 5.92 Å². The van der Waals surface area contributed by atoms with Crippen molar-refractivity contribution in [3.63, 3.8) is 0 Å². The van der Waals surface area contributed by atoms with Gasteiger partial charge in [0.1, 0.15) is 36.6 Å². The molecule has 1 aromatic carbocycles. The van der Waals surface area contributed by atoms with Crippen LogP contribution < -0.4 is 15.0 Å². The van der Waals surface area contributed by atoms with E-state index in [1.54, 1.807) is 23.3 Å². The minimum absolute atomic E-state index is 0.0796. The fourth-order valence-electron chi connectivity index (χ4n) is 3.67. The summed E-state index contributed by atoms with van der Waals surface area (Å²) >= 11 is 0. The minimum Gasteiger partial charge on any atom is -0.492 e. The summed E-state index contributed by atoms with van der Waals surface area (Å²) in [6.07, 6.45) is 3.58. The van der Waals surface area contributed by atoms with Crippen molar-refractivity contribution in [1.82, 2.24) is 24.8 Å². The molecule has 1 N–H and O–H groups in total. The number of carbonyl (C=O) groups is 1. The van der Waals surface area contributed by atoms with Crippen molar-refractivity contribution in [2.45, 2.75) is 19.0 Å². The number of hydrogen-bond acceptors (Lipinski definition) is 6. The van der Waals surface area contributed by atoms with Crippen molar-refractivity contribution in [3.05, 3.63) is 60.9 Å². The molecule has 1 amide bonds. The van der Waals surface area contributed by atoms with E-state index in [0.717, 1.165) is 23.8 Å². The third kappa shape index (κ3) is 5.79. The number of carbonyl (C=O) groups excluding carboxylic acids is 1. The van der Waals surface area contributed by atoms with Crippen LogP contribution in [0, 0.1) is 5.92 Å². The van der Waals surface area contributed by atoms with E-state index in [4.69, 9.17) is 4.74 Å². The number of halogens is 3. The Kier molecular flexibility index (Phi) is 6.76. The molecule has 0 atom stereocenters. The summed E-state index contributed by atoms with van der Waals surface area (Å²) in [5, 5.41) is 2.81. The molecular formula is C22H23F3N6O2. The molecule has 174 valence electrons. The van der Waals surface area contributed by atoms with E-state index in [0.29, 0.717) is 25.9 Å². The zero-order chi connectivity index (χ0) is 23.3. The Balaban J connectivity index is 1.21. The Morgan fingerprint density at radius 3 is 2.67 bits per heavy atom. The van der Waals surface area contributed by atoms with Gasteiger partial charge in [0, 0.05) is 37.5 Å². The van der Waals surface area contributed by atoms with Crippen LogP contribution in [0.4, 0.5) is 19.0 Å². The monoisotopic (exact) mass is 460 g/mol. The van der Waals surface area contributed by atoms with Crippen LogP contribution in [0.15, 0.2) is 55.4 Å². The third-order valence-electron chi connectivity index (χ3n) is 5.43. The molecule has 1 fully saturated rings. The number of aromatic nitrogens is 4. The second-order valence-corrected chi connectivity index (χ2v) is 7.63. The number of alkyl halides is 3. The number of nitrogens with one attached hydrogen (secondary N) is 1. The molecule has 11 heteroatoms. The van der Waals surface area contributed by atoms with Crippen LogP contribution in [-0.2, 0) is 11.0 Å². The van der Waals surface area contributed by atoms with Crippen LogP contribution in [-0.4, -0.2) is 51.7 Å². The van der Waals surface area contributed by atoms with Crippen LogP contribution in [0.2, 0.25) is 0 Å². The SMILES string of the molecule is O=C(NCCOc1cccc(C(F)(F)F)c1)C1CCN(c2cc(-n3ccnc3)ncn2)CC1. The molecule has 0 unspecified atom stereocenters. The maximum atomic E-state index is 12.8. The predicted octanol–water partition coefficient (Wildman–Crippen LogP) is 3.09. The van der Waals surface area contributed by atoms with Crippen LogP contribution in [0.1, 0.15) is 18.4 Å². The second-order valence-electron chi connectivity index (χ2n) is 7.63. The molecule has 2 aromatic heterocycles. The van der Waals surface area contributed by atoms with Gasteiger partial charge in [0.25, 0.3) is 0 Å². The minimum atomic E-state index is -4.42. The highest BCUT2D eigenvalue weighted by molar-refractivity contribution is 5.79. The first-order valence-electron chi connectivity index (χ1n) is 10.5. The lowest BCUT2D eigenvalue weighted by atomic mass is 9.96. The molecule has 33 heavy (non-hydrogen) atoms. The molecule has 3 aromatic rings. The number of ether oxygens (including phenoxy) is 1. The Morgan fingerprint density at radius 2 is 1.94 bits per heavy atom. The number of amides is 1. The first-order chi connectivity index (χ1) is 15.9. The van der Waals surface area contributed by atoms with Gasteiger partial charge >= 0.3 is 6.18 Å². The van der Waals surface area contributed by atoms with Crippen molar-refractivity contribution in [2.75, 3.05) is 31.1 Å². The Labute approximate surface area is 188 Å². The molecule has 4 rings (SSSR count). The van der Waals surface area contributed by atoms with Gasteiger partial charge in [-0.2, -0.15) is 13.2 Å². The first kappa shape index (κ1) is 22.6. The molecule has 0 spiro atoms. The Morgan fingerprint density at radius 1 is 1.15 bits per heavy atom. The highest BCUT2D eigenvalue weighted by atomic mass is 19.4. The van der Waals surface area contributed by atoms with Gasteiger partial charge in [0.15, 0.2) is 0 Å². The lowest BCUT2D eigenvalue weighted by Crippen LogP contribution is -2.41. The summed E-state index contributed by atoms with van der Waals surface area (Å²) < 4.78 is 45.4. The Bertz CT molecular complexity index is 1070. The van der Waals surface area contributed by atoms with Gasteiger partial charge in [-0.15, -0.1) is 0 Å². The van der Waals surface area contributed by atoms with E-state index < -0.39 is 11.7 Å². The molecule has 0 saturated carbocycles. The van der Waals surface area contributed by atoms with Gasteiger partial charge in [-0.05, 0) is 31.0 Å². The number of imidazole rings is 1. The lowest BCUT2D eigenvalue weighted by Gasteiger charge is -2.32. The highest BCUT2D eigenvalue weighted by Gasteiger charge is 2.30. The molecule has 0 aliphatic carbocycles. The van der Waals surface area contributed by atoms with Crippen LogP contribution in [0.5, 0.6) is 5.75 Å². The highest BCUT2D eigenvalue weighted by Crippen LogP contribution is 2.31. The zero-order valence-electron chi connectivity index (χ0n) is 17.7. The summed E-state index contributed by atoms with van der Waals surface area (Å²) in [6.45, 7) is 1.66. The zero-order valence-corrected chi connectivity index (χ0v) is 17.7. The predicted molar refractivity (Wildman–Crippen MR) is 114 cm³/mol. The molecular weight excluding hydrogens is 437 g/mol. The first-order valence-corrected chi connectivity index (χ1v) is 10.5. The number of hydrogen-bond donors (Lipinski definition) is 1. The van der Waals surface area contributed by atoms with Gasteiger partial charge in [-0.25, -0.2) is 15.0 Å². The maximum Gasteiger partial charge on any atom is 0.416 e. The van der Waals surface area contributed by atoms with Gasteiger partial charge in [-0.1, -0.05) is 6.07 Å². The summed E-state index contributed by atoms with van der Waals surface area (Å²) in [6, 6.07) is 6.57. The van der Waals surface area contributed by atoms with Crippen molar-refractivity contribution >= 4 is 11.7 Å². The normalized spacial score (nSPS) is 14.8. The summed E-state index contributed by atoms with van der Waals surface area (Å²) in [7, 11) is 0. The largest absolute Gasteiger partial charge is 0.492 e. The number of anilines is 1. The second kappa shape index (κ2) is 9.88. The fourth-order valence-corrected chi connectivity index (χ4v) is 3.67. The molecule has 8 nitrogen and oxygen atoms in total. The van der Waals surface area contributed by atoms with Crippen LogP contribution in [0.3, 0.4) is 0 Å². The van der Waals surface area contributed by atoms with E-state index >= 15 is 0 Å². The van der Waals surface area contributed by atoms with Gasteiger partial charge in [0.05, 0.1) is 12.1 Å². The van der Waals surface area contributed by atoms with E-state index in [1.165, 1.54) is 18.5 Å². The summed E-state index contributed by atoms with van der Waals surface area (Å²) in [4.78, 5) is 27.2. The average molecular weight is 460 g/mol. The van der Waals surface area contributed by atoms with E-state index in [-0.39, 0.29) is 30.7 Å².